The van der Waals surface area contributed by atoms with Gasteiger partial charge < -0.3 is 19.9 Å². The van der Waals surface area contributed by atoms with Crippen molar-refractivity contribution in [2.45, 2.75) is 70.6 Å². The van der Waals surface area contributed by atoms with Gasteiger partial charge >= 0.3 is 5.97 Å². The molecule has 1 aliphatic carbocycles. The van der Waals surface area contributed by atoms with Gasteiger partial charge in [0.25, 0.3) is 5.91 Å². The molecule has 3 rings (SSSR count). The smallest absolute Gasteiger partial charge is 0.328 e. The third-order valence-corrected chi connectivity index (χ3v) is 7.82. The number of carbonyl (C=O) groups excluding carboxylic acids is 2. The number of rotatable bonds is 13. The normalized spacial score (nSPS) is 15.7. The predicted octanol–water partition coefficient (Wildman–Crippen LogP) is 5.53. The minimum Gasteiger partial charge on any atom is -0.467 e. The van der Waals surface area contributed by atoms with Crippen LogP contribution in [-0.4, -0.2) is 54.9 Å². The Morgan fingerprint density at radius 2 is 1.86 bits per heavy atom. The number of methoxy groups -OCH3 is 1. The van der Waals surface area contributed by atoms with Crippen LogP contribution < -0.4 is 5.32 Å². The first kappa shape index (κ1) is 29.2. The lowest BCUT2D eigenvalue weighted by Gasteiger charge is -2.26. The molecule has 0 heterocycles. The van der Waals surface area contributed by atoms with Crippen molar-refractivity contribution in [2.24, 2.45) is 5.92 Å². The zero-order chi connectivity index (χ0) is 26.6. The van der Waals surface area contributed by atoms with Crippen LogP contribution in [0.5, 0.6) is 0 Å². The lowest BCUT2D eigenvalue weighted by Crippen LogP contribution is -2.42. The fourth-order valence-electron chi connectivity index (χ4n) is 5.04. The van der Waals surface area contributed by atoms with Crippen LogP contribution >= 0.6 is 11.8 Å². The van der Waals surface area contributed by atoms with E-state index in [9.17, 15) is 14.7 Å². The average molecular weight is 528 g/mol. The second-order valence-corrected chi connectivity index (χ2v) is 10.9. The number of thioether (sulfide) groups is 1. The quantitative estimate of drug-likeness (QED) is 0.333. The van der Waals surface area contributed by atoms with Crippen LogP contribution in [0.15, 0.2) is 42.5 Å². The molecule has 0 saturated heterocycles. The molecule has 1 fully saturated rings. The van der Waals surface area contributed by atoms with E-state index < -0.39 is 12.0 Å². The van der Waals surface area contributed by atoms with Crippen molar-refractivity contribution in [3.8, 4) is 11.1 Å². The Morgan fingerprint density at radius 1 is 1.11 bits per heavy atom. The average Bonchev–Trinajstić information content (AvgIpc) is 2.93. The second kappa shape index (κ2) is 15.2. The van der Waals surface area contributed by atoms with Crippen molar-refractivity contribution in [2.75, 3.05) is 25.7 Å². The molecule has 0 aliphatic heterocycles. The fourth-order valence-corrected chi connectivity index (χ4v) is 5.52. The highest BCUT2D eigenvalue weighted by Gasteiger charge is 2.24. The van der Waals surface area contributed by atoms with Gasteiger partial charge in [-0.15, -0.1) is 0 Å². The lowest BCUT2D eigenvalue weighted by molar-refractivity contribution is -0.142. The first-order valence-electron chi connectivity index (χ1n) is 13.3. The zero-order valence-electron chi connectivity index (χ0n) is 22.3. The Bertz CT molecular complexity index is 1020. The van der Waals surface area contributed by atoms with Gasteiger partial charge in [-0.1, -0.05) is 62.4 Å². The van der Waals surface area contributed by atoms with Crippen LogP contribution in [0.2, 0.25) is 0 Å². The van der Waals surface area contributed by atoms with Crippen molar-refractivity contribution in [3.05, 3.63) is 59.2 Å². The SMILES string of the molecule is COC(=O)[C@H](CCSC)NC(=O)c1ccc(CO[C@H](CO)CC2CCCCC2)cc1-c1ccccc1C. The number of nitrogens with one attached hydrogen (secondary N) is 1. The summed E-state index contributed by atoms with van der Waals surface area (Å²) in [5, 5.41) is 12.8. The number of esters is 1. The number of ether oxygens (including phenoxy) is 2. The van der Waals surface area contributed by atoms with E-state index in [1.807, 2.05) is 49.6 Å². The van der Waals surface area contributed by atoms with Crippen LogP contribution in [-0.2, 0) is 20.9 Å². The topological polar surface area (TPSA) is 84.9 Å². The molecular weight excluding hydrogens is 486 g/mol. The van der Waals surface area contributed by atoms with Gasteiger partial charge in [0.15, 0.2) is 0 Å². The van der Waals surface area contributed by atoms with Crippen molar-refractivity contribution in [3.63, 3.8) is 0 Å². The van der Waals surface area contributed by atoms with Gasteiger partial charge in [-0.2, -0.15) is 11.8 Å². The molecule has 2 atom stereocenters. The highest BCUT2D eigenvalue weighted by Crippen LogP contribution is 2.30. The first-order valence-corrected chi connectivity index (χ1v) is 14.6. The monoisotopic (exact) mass is 527 g/mol. The molecule has 0 spiro atoms. The Hall–Kier alpha value is -2.35. The molecule has 2 N–H and O–H groups in total. The number of hydrogen-bond donors (Lipinski definition) is 2. The molecule has 37 heavy (non-hydrogen) atoms. The van der Waals surface area contributed by atoms with Gasteiger partial charge in [-0.25, -0.2) is 4.79 Å². The molecule has 0 bridgehead atoms. The summed E-state index contributed by atoms with van der Waals surface area (Å²) in [7, 11) is 1.34. The van der Waals surface area contributed by atoms with E-state index in [0.717, 1.165) is 34.4 Å². The summed E-state index contributed by atoms with van der Waals surface area (Å²) in [5.74, 6) is 0.590. The number of hydrogen-bond acceptors (Lipinski definition) is 6. The molecule has 1 amide bonds. The molecule has 6 nitrogen and oxygen atoms in total. The van der Waals surface area contributed by atoms with E-state index in [1.165, 1.54) is 39.2 Å². The zero-order valence-corrected chi connectivity index (χ0v) is 23.1. The standard InChI is InChI=1S/C30H41NO5S/c1-21-9-7-8-12-25(21)27-18-23(20-36-24(19-32)17-22-10-5-4-6-11-22)13-14-26(27)29(33)31-28(15-16-37-3)30(34)35-2/h7-9,12-14,18,22,24,28,32H,4-6,10-11,15-17,19-20H2,1-3H3,(H,31,33)/t24-,28-/m0/s1. The summed E-state index contributed by atoms with van der Waals surface area (Å²) in [4.78, 5) is 25.7. The van der Waals surface area contributed by atoms with Crippen LogP contribution in [0.25, 0.3) is 11.1 Å². The minimum absolute atomic E-state index is 0.00655. The summed E-state index contributed by atoms with van der Waals surface area (Å²) in [6, 6.07) is 12.9. The summed E-state index contributed by atoms with van der Waals surface area (Å²) >= 11 is 1.61. The third-order valence-electron chi connectivity index (χ3n) is 7.18. The molecule has 0 aromatic heterocycles. The summed E-state index contributed by atoms with van der Waals surface area (Å²) in [6.45, 7) is 2.38. The van der Waals surface area contributed by atoms with Gasteiger partial charge in [0.1, 0.15) is 6.04 Å². The van der Waals surface area contributed by atoms with Crippen molar-refractivity contribution in [1.82, 2.24) is 5.32 Å². The molecule has 1 aliphatic rings. The summed E-state index contributed by atoms with van der Waals surface area (Å²) < 4.78 is 11.1. The maximum atomic E-state index is 13.4. The Kier molecular flexibility index (Phi) is 12.0. The molecule has 7 heteroatoms. The first-order chi connectivity index (χ1) is 18.0. The van der Waals surface area contributed by atoms with Crippen LogP contribution in [0.1, 0.15) is 66.4 Å². The molecule has 2 aromatic rings. The molecular formula is C30H41NO5S. The Morgan fingerprint density at radius 3 is 2.54 bits per heavy atom. The van der Waals surface area contributed by atoms with Gasteiger partial charge in [0.2, 0.25) is 0 Å². The minimum atomic E-state index is -0.706. The number of benzene rings is 2. The highest BCUT2D eigenvalue weighted by atomic mass is 32.2. The van der Waals surface area contributed by atoms with Crippen LogP contribution in [0.4, 0.5) is 0 Å². The maximum absolute atomic E-state index is 13.4. The molecule has 0 radical (unpaired) electrons. The lowest BCUT2D eigenvalue weighted by atomic mass is 9.85. The number of aliphatic hydroxyl groups excluding tert-OH is 1. The van der Waals surface area contributed by atoms with Crippen LogP contribution in [0.3, 0.4) is 0 Å². The van der Waals surface area contributed by atoms with Gasteiger partial charge in [0.05, 0.1) is 26.4 Å². The van der Waals surface area contributed by atoms with E-state index in [1.54, 1.807) is 17.8 Å². The largest absolute Gasteiger partial charge is 0.467 e. The van der Waals surface area contributed by atoms with E-state index in [2.05, 4.69) is 5.32 Å². The highest BCUT2D eigenvalue weighted by molar-refractivity contribution is 7.98. The van der Waals surface area contributed by atoms with Gasteiger partial charge in [-0.05, 0) is 72.1 Å². The van der Waals surface area contributed by atoms with E-state index in [0.29, 0.717) is 24.5 Å². The maximum Gasteiger partial charge on any atom is 0.328 e. The number of aryl methyl sites for hydroxylation is 1. The van der Waals surface area contributed by atoms with Crippen molar-refractivity contribution in [1.29, 1.82) is 0 Å². The molecule has 202 valence electrons. The summed E-state index contributed by atoms with van der Waals surface area (Å²) in [6.07, 6.45) is 9.41. The van der Waals surface area contributed by atoms with Gasteiger partial charge in [-0.3, -0.25) is 4.79 Å². The second-order valence-electron chi connectivity index (χ2n) is 9.88. The fraction of sp³-hybridized carbons (Fsp3) is 0.533. The van der Waals surface area contributed by atoms with Crippen LogP contribution in [0, 0.1) is 12.8 Å². The van der Waals surface area contributed by atoms with Crippen molar-refractivity contribution >= 4 is 23.6 Å². The third kappa shape index (κ3) is 8.59. The van der Waals surface area contributed by atoms with E-state index >= 15 is 0 Å². The van der Waals surface area contributed by atoms with Gasteiger partial charge in [0, 0.05) is 5.56 Å². The van der Waals surface area contributed by atoms with Crippen molar-refractivity contribution < 1.29 is 24.2 Å². The molecule has 2 aromatic carbocycles. The predicted molar refractivity (Wildman–Crippen MR) is 150 cm³/mol. The van der Waals surface area contributed by atoms with E-state index in [-0.39, 0.29) is 18.6 Å². The molecule has 1 saturated carbocycles. The Labute approximate surface area is 225 Å². The van der Waals surface area contributed by atoms with E-state index in [4.69, 9.17) is 9.47 Å². The summed E-state index contributed by atoms with van der Waals surface area (Å²) in [5.41, 5.74) is 4.22. The number of amides is 1. The molecule has 0 unspecified atom stereocenters. The number of carbonyl (C=O) groups is 2. The Balaban J connectivity index is 1.81. The number of aliphatic hydroxyl groups is 1.